The van der Waals surface area contributed by atoms with Crippen molar-refractivity contribution in [3.05, 3.63) is 0 Å². The van der Waals surface area contributed by atoms with Crippen LogP contribution in [0.15, 0.2) is 0 Å². The van der Waals surface area contributed by atoms with E-state index in [0.717, 1.165) is 18.4 Å². The predicted octanol–water partition coefficient (Wildman–Crippen LogP) is 0.675. The average molecular weight is 154 g/mol. The first-order chi connectivity index (χ1) is 5.25. The summed E-state index contributed by atoms with van der Waals surface area (Å²) in [5.41, 5.74) is 5.99. The Kier molecular flexibility index (Phi) is 1.90. The van der Waals surface area contributed by atoms with Crippen molar-refractivity contribution in [3.8, 4) is 0 Å². The standard InChI is InChI=1S/C9H18N2/c1-7-4-11(5-7)6-9(10)8-2-3-8/h7-9H,2-6,10H2,1H3. The molecule has 1 aliphatic heterocycles. The van der Waals surface area contributed by atoms with Gasteiger partial charge in [0.25, 0.3) is 0 Å². The Morgan fingerprint density at radius 2 is 2.09 bits per heavy atom. The molecule has 0 bridgehead atoms. The molecular weight excluding hydrogens is 136 g/mol. The molecule has 1 heterocycles. The zero-order valence-corrected chi connectivity index (χ0v) is 7.29. The first kappa shape index (κ1) is 7.56. The van der Waals surface area contributed by atoms with Gasteiger partial charge in [-0.1, -0.05) is 6.92 Å². The molecule has 0 aromatic carbocycles. The summed E-state index contributed by atoms with van der Waals surface area (Å²) >= 11 is 0. The lowest BCUT2D eigenvalue weighted by Gasteiger charge is -2.38. The molecule has 2 rings (SSSR count). The molecule has 2 fully saturated rings. The van der Waals surface area contributed by atoms with E-state index < -0.39 is 0 Å². The van der Waals surface area contributed by atoms with E-state index in [1.807, 2.05) is 0 Å². The molecule has 2 N–H and O–H groups in total. The van der Waals surface area contributed by atoms with Crippen molar-refractivity contribution in [3.63, 3.8) is 0 Å². The van der Waals surface area contributed by atoms with Gasteiger partial charge in [-0.2, -0.15) is 0 Å². The topological polar surface area (TPSA) is 29.3 Å². The molecule has 0 spiro atoms. The van der Waals surface area contributed by atoms with E-state index in [1.54, 1.807) is 0 Å². The number of nitrogens with zero attached hydrogens (tertiary/aromatic N) is 1. The highest BCUT2D eigenvalue weighted by molar-refractivity contribution is 4.88. The van der Waals surface area contributed by atoms with Crippen LogP contribution in [0.4, 0.5) is 0 Å². The van der Waals surface area contributed by atoms with Gasteiger partial charge in [-0.3, -0.25) is 0 Å². The number of likely N-dealkylation sites (tertiary alicyclic amines) is 1. The molecule has 0 aromatic rings. The van der Waals surface area contributed by atoms with Crippen LogP contribution < -0.4 is 5.73 Å². The van der Waals surface area contributed by atoms with Crippen molar-refractivity contribution in [1.29, 1.82) is 0 Å². The summed E-state index contributed by atoms with van der Waals surface area (Å²) in [7, 11) is 0. The molecule has 11 heavy (non-hydrogen) atoms. The summed E-state index contributed by atoms with van der Waals surface area (Å²) in [5, 5.41) is 0. The second kappa shape index (κ2) is 2.76. The second-order valence-electron chi connectivity index (χ2n) is 4.32. The number of nitrogens with two attached hydrogens (primary N) is 1. The minimum Gasteiger partial charge on any atom is -0.326 e. The van der Waals surface area contributed by atoms with Crippen LogP contribution in [0.5, 0.6) is 0 Å². The molecular formula is C9H18N2. The maximum absolute atomic E-state index is 5.99. The molecule has 2 aliphatic rings. The van der Waals surface area contributed by atoms with E-state index in [1.165, 1.54) is 25.9 Å². The Hall–Kier alpha value is -0.0800. The smallest absolute Gasteiger partial charge is 0.0196 e. The SMILES string of the molecule is CC1CN(CC(N)C2CC2)C1. The molecule has 1 unspecified atom stereocenters. The Morgan fingerprint density at radius 3 is 2.55 bits per heavy atom. The average Bonchev–Trinajstić information content (AvgIpc) is 2.64. The van der Waals surface area contributed by atoms with Gasteiger partial charge in [0.2, 0.25) is 0 Å². The zero-order valence-electron chi connectivity index (χ0n) is 7.29. The minimum absolute atomic E-state index is 0.475. The fourth-order valence-electron chi connectivity index (χ4n) is 1.95. The molecule has 2 heteroatoms. The zero-order chi connectivity index (χ0) is 7.84. The van der Waals surface area contributed by atoms with E-state index in [9.17, 15) is 0 Å². The first-order valence-electron chi connectivity index (χ1n) is 4.73. The highest BCUT2D eigenvalue weighted by Gasteiger charge is 2.32. The predicted molar refractivity (Wildman–Crippen MR) is 46.3 cm³/mol. The molecule has 1 aliphatic carbocycles. The van der Waals surface area contributed by atoms with Crippen molar-refractivity contribution in [2.75, 3.05) is 19.6 Å². The fourth-order valence-corrected chi connectivity index (χ4v) is 1.95. The fraction of sp³-hybridized carbons (Fsp3) is 1.00. The van der Waals surface area contributed by atoms with Gasteiger partial charge in [0.15, 0.2) is 0 Å². The molecule has 64 valence electrons. The highest BCUT2D eigenvalue weighted by atomic mass is 15.2. The van der Waals surface area contributed by atoms with Crippen LogP contribution in [0.25, 0.3) is 0 Å². The van der Waals surface area contributed by atoms with Crippen molar-refractivity contribution in [1.82, 2.24) is 4.90 Å². The monoisotopic (exact) mass is 154 g/mol. The molecule has 1 atom stereocenters. The maximum atomic E-state index is 5.99. The quantitative estimate of drug-likeness (QED) is 0.647. The number of hydrogen-bond acceptors (Lipinski definition) is 2. The minimum atomic E-state index is 0.475. The van der Waals surface area contributed by atoms with Crippen LogP contribution in [0.1, 0.15) is 19.8 Å². The van der Waals surface area contributed by atoms with E-state index >= 15 is 0 Å². The number of hydrogen-bond donors (Lipinski definition) is 1. The Morgan fingerprint density at radius 1 is 1.45 bits per heavy atom. The molecule has 2 nitrogen and oxygen atoms in total. The van der Waals surface area contributed by atoms with Gasteiger partial charge < -0.3 is 10.6 Å². The van der Waals surface area contributed by atoms with Gasteiger partial charge in [-0.15, -0.1) is 0 Å². The molecule has 1 saturated carbocycles. The summed E-state index contributed by atoms with van der Waals surface area (Å²) in [6, 6.07) is 0.475. The normalized spacial score (nSPS) is 30.0. The lowest BCUT2D eigenvalue weighted by Crippen LogP contribution is -2.50. The van der Waals surface area contributed by atoms with Crippen LogP contribution in [0.3, 0.4) is 0 Å². The van der Waals surface area contributed by atoms with Gasteiger partial charge in [0, 0.05) is 25.7 Å². The molecule has 0 radical (unpaired) electrons. The third kappa shape index (κ3) is 1.74. The lowest BCUT2D eigenvalue weighted by molar-refractivity contribution is 0.102. The largest absolute Gasteiger partial charge is 0.326 e. The Labute approximate surface area is 68.7 Å². The molecule has 0 amide bonds. The summed E-state index contributed by atoms with van der Waals surface area (Å²) < 4.78 is 0. The van der Waals surface area contributed by atoms with E-state index in [2.05, 4.69) is 11.8 Å². The maximum Gasteiger partial charge on any atom is 0.0196 e. The van der Waals surface area contributed by atoms with Gasteiger partial charge in [-0.25, -0.2) is 0 Å². The Balaban J connectivity index is 1.65. The second-order valence-corrected chi connectivity index (χ2v) is 4.32. The van der Waals surface area contributed by atoms with Crippen molar-refractivity contribution >= 4 is 0 Å². The van der Waals surface area contributed by atoms with E-state index in [4.69, 9.17) is 5.73 Å². The van der Waals surface area contributed by atoms with Crippen LogP contribution in [0.2, 0.25) is 0 Å². The van der Waals surface area contributed by atoms with Gasteiger partial charge in [0.05, 0.1) is 0 Å². The number of rotatable bonds is 3. The van der Waals surface area contributed by atoms with Crippen LogP contribution in [-0.2, 0) is 0 Å². The van der Waals surface area contributed by atoms with Crippen molar-refractivity contribution in [2.24, 2.45) is 17.6 Å². The summed E-state index contributed by atoms with van der Waals surface area (Å²) in [6.07, 6.45) is 2.76. The lowest BCUT2D eigenvalue weighted by atomic mass is 10.0. The van der Waals surface area contributed by atoms with Crippen molar-refractivity contribution < 1.29 is 0 Å². The van der Waals surface area contributed by atoms with Crippen LogP contribution >= 0.6 is 0 Å². The van der Waals surface area contributed by atoms with E-state index in [-0.39, 0.29) is 0 Å². The third-order valence-corrected chi connectivity index (χ3v) is 2.84. The highest BCUT2D eigenvalue weighted by Crippen LogP contribution is 2.32. The Bertz CT molecular complexity index is 136. The third-order valence-electron chi connectivity index (χ3n) is 2.84. The van der Waals surface area contributed by atoms with Gasteiger partial charge >= 0.3 is 0 Å². The molecule has 1 saturated heterocycles. The van der Waals surface area contributed by atoms with Crippen LogP contribution in [-0.4, -0.2) is 30.6 Å². The van der Waals surface area contributed by atoms with Crippen molar-refractivity contribution in [2.45, 2.75) is 25.8 Å². The van der Waals surface area contributed by atoms with E-state index in [0.29, 0.717) is 6.04 Å². The summed E-state index contributed by atoms with van der Waals surface area (Å²) in [6.45, 7) is 6.01. The summed E-state index contributed by atoms with van der Waals surface area (Å²) in [5.74, 6) is 1.78. The van der Waals surface area contributed by atoms with Crippen LogP contribution in [0, 0.1) is 11.8 Å². The summed E-state index contributed by atoms with van der Waals surface area (Å²) in [4.78, 5) is 2.48. The van der Waals surface area contributed by atoms with Gasteiger partial charge in [0.1, 0.15) is 0 Å². The van der Waals surface area contributed by atoms with Gasteiger partial charge in [-0.05, 0) is 24.7 Å². The first-order valence-corrected chi connectivity index (χ1v) is 4.73. The molecule has 0 aromatic heterocycles.